The van der Waals surface area contributed by atoms with Gasteiger partial charge in [0.05, 0.1) is 16.9 Å². The summed E-state index contributed by atoms with van der Waals surface area (Å²) in [6, 6.07) is 110. The number of benzene rings is 13. The van der Waals surface area contributed by atoms with E-state index in [1.807, 2.05) is 11.3 Å². The molecule has 87 heavy (non-hydrogen) atoms. The lowest BCUT2D eigenvalue weighted by atomic mass is 9.30. The van der Waals surface area contributed by atoms with E-state index in [4.69, 9.17) is 9.47 Å². The molecule has 0 unspecified atom stereocenters. The van der Waals surface area contributed by atoms with Crippen LogP contribution in [-0.4, -0.2) is 13.4 Å². The van der Waals surface area contributed by atoms with E-state index in [-0.39, 0.29) is 13.4 Å². The summed E-state index contributed by atoms with van der Waals surface area (Å²) in [5.74, 6) is 3.15. The van der Waals surface area contributed by atoms with Crippen molar-refractivity contribution in [2.45, 2.75) is 0 Å². The van der Waals surface area contributed by atoms with Gasteiger partial charge < -0.3 is 29.1 Å². The first-order valence-corrected chi connectivity index (χ1v) is 30.5. The van der Waals surface area contributed by atoms with Crippen LogP contribution in [0.15, 0.2) is 303 Å². The van der Waals surface area contributed by atoms with Gasteiger partial charge in [-0.25, -0.2) is 0 Å². The van der Waals surface area contributed by atoms with Crippen LogP contribution in [0.2, 0.25) is 0 Å². The van der Waals surface area contributed by atoms with Gasteiger partial charge in [0.15, 0.2) is 0 Å². The Morgan fingerprint density at radius 1 is 0.299 bits per heavy atom. The molecule has 0 saturated heterocycles. The van der Waals surface area contributed by atoms with Gasteiger partial charge in [0.25, 0.3) is 13.4 Å². The monoisotopic (exact) mass is 1130 g/mol. The minimum atomic E-state index is -0.242. The Balaban J connectivity index is 0.951. The van der Waals surface area contributed by atoms with Crippen LogP contribution in [0, 0.1) is 0 Å². The normalized spacial score (nSPS) is 12.9. The zero-order valence-corrected chi connectivity index (χ0v) is 47.9. The van der Waals surface area contributed by atoms with Crippen LogP contribution in [0.4, 0.5) is 68.2 Å². The molecule has 14 aromatic rings. The first-order chi connectivity index (χ1) is 43.2. The molecule has 0 N–H and O–H groups in total. The smallest absolute Gasteiger partial charge is 0.256 e. The van der Waals surface area contributed by atoms with Crippen LogP contribution in [0.25, 0.3) is 31.3 Å². The van der Waals surface area contributed by atoms with Crippen molar-refractivity contribution in [1.82, 2.24) is 0 Å². The Morgan fingerprint density at radius 2 is 0.690 bits per heavy atom. The summed E-state index contributed by atoms with van der Waals surface area (Å²) in [4.78, 5) is 9.58. The molecule has 0 bridgehead atoms. The van der Waals surface area contributed by atoms with E-state index in [1.165, 1.54) is 31.1 Å². The van der Waals surface area contributed by atoms with E-state index in [0.29, 0.717) is 0 Å². The number of hydrogen-bond donors (Lipinski definition) is 0. The molecule has 4 aliphatic rings. The molecule has 406 valence electrons. The summed E-state index contributed by atoms with van der Waals surface area (Å²) in [6.07, 6.45) is 0. The molecule has 6 nitrogen and oxygen atoms in total. The molecule has 4 aliphatic heterocycles. The second-order valence-electron chi connectivity index (χ2n) is 22.7. The Morgan fingerprint density at radius 3 is 1.15 bits per heavy atom. The van der Waals surface area contributed by atoms with Gasteiger partial charge in [-0.05, 0) is 154 Å². The molecule has 0 aliphatic carbocycles. The van der Waals surface area contributed by atoms with Crippen molar-refractivity contribution in [2.75, 3.05) is 19.6 Å². The largest absolute Gasteiger partial charge is 0.457 e. The van der Waals surface area contributed by atoms with Gasteiger partial charge >= 0.3 is 0 Å². The number of ether oxygens (including phenoxy) is 2. The highest BCUT2D eigenvalue weighted by Gasteiger charge is 2.49. The summed E-state index contributed by atoms with van der Waals surface area (Å²) in [6.45, 7) is -0.484. The van der Waals surface area contributed by atoms with Crippen LogP contribution >= 0.6 is 11.3 Å². The molecule has 0 spiro atoms. The van der Waals surface area contributed by atoms with Crippen molar-refractivity contribution >= 4 is 146 Å². The summed E-state index contributed by atoms with van der Waals surface area (Å²) < 4.78 is 18.5. The Hall–Kier alpha value is -11.0. The second kappa shape index (κ2) is 19.8. The molecule has 5 heterocycles. The van der Waals surface area contributed by atoms with E-state index in [0.717, 1.165) is 124 Å². The van der Waals surface area contributed by atoms with Crippen molar-refractivity contribution in [3.8, 4) is 34.1 Å². The SMILES string of the molecule is c1ccc(N(c2ccccc2)c2cc3c4c(c2)N(c2ccccc2)c2ccccc2B4c2cc4c(c(-c5ccc6sc7ccccc7c6c5)c2O3)Oc2cc(N(c3ccccc3)c3ccccc3)cc3c2B4c2ccccc2N3c2ccccc2)cc1. The highest BCUT2D eigenvalue weighted by molar-refractivity contribution is 7.25. The molecule has 0 saturated carbocycles. The third-order valence-corrected chi connectivity index (χ3v) is 19.0. The standard InChI is InChI=1S/C78H50B2N4O2S/c1-7-25-52(26-8-1)81(53-27-9-2-10-28-53)58-46-68-75-70(48-58)85-77-64(79(75)62-38-20-22-40-66(62)83(68)56-33-15-5-16-34-56)50-65-78(74(77)51-43-44-73-61(45-51)60-37-19-24-42-72(60)87-73)86-71-49-59(82(54-29-11-3-12-30-54)55-31-13-4-14-32-55)47-69-76(71)80(65)63-39-21-23-41-67(63)84(69)57-35-17-6-18-36-57/h1-50H. The summed E-state index contributed by atoms with van der Waals surface area (Å²) in [7, 11) is 0. The number of fused-ring (bicyclic) bond motifs is 11. The maximum Gasteiger partial charge on any atom is 0.256 e. The molecular formula is C78H50B2N4O2S. The lowest BCUT2D eigenvalue weighted by molar-refractivity contribution is 0.469. The molecule has 13 aromatic carbocycles. The first kappa shape index (κ1) is 49.4. The molecule has 0 fully saturated rings. The van der Waals surface area contributed by atoms with Crippen LogP contribution in [-0.2, 0) is 0 Å². The quantitative estimate of drug-likeness (QED) is 0.134. The van der Waals surface area contributed by atoms with Crippen LogP contribution in [0.5, 0.6) is 23.0 Å². The van der Waals surface area contributed by atoms with Gasteiger partial charge in [-0.2, -0.15) is 0 Å². The highest BCUT2D eigenvalue weighted by atomic mass is 32.1. The fourth-order valence-electron chi connectivity index (χ4n) is 14.3. The lowest BCUT2D eigenvalue weighted by Gasteiger charge is -2.43. The van der Waals surface area contributed by atoms with E-state index < -0.39 is 0 Å². The predicted octanol–water partition coefficient (Wildman–Crippen LogP) is 17.5. The third-order valence-electron chi connectivity index (χ3n) is 17.9. The number of anilines is 12. The van der Waals surface area contributed by atoms with E-state index in [2.05, 4.69) is 323 Å². The fraction of sp³-hybridized carbons (Fsp3) is 0. The predicted molar refractivity (Wildman–Crippen MR) is 366 cm³/mol. The molecular weight excluding hydrogens is 1080 g/mol. The average Bonchev–Trinajstić information content (AvgIpc) is 1.04. The van der Waals surface area contributed by atoms with Crippen LogP contribution in [0.1, 0.15) is 0 Å². The third kappa shape index (κ3) is 7.76. The minimum Gasteiger partial charge on any atom is -0.457 e. The summed E-state index contributed by atoms with van der Waals surface area (Å²) >= 11 is 1.83. The Labute approximate surface area is 509 Å². The molecule has 18 rings (SSSR count). The molecule has 1 aromatic heterocycles. The summed E-state index contributed by atoms with van der Waals surface area (Å²) in [5, 5.41) is 2.43. The maximum absolute atomic E-state index is 7.99. The first-order valence-electron chi connectivity index (χ1n) is 29.7. The average molecular weight is 1130 g/mol. The Kier molecular flexibility index (Phi) is 11.3. The van der Waals surface area contributed by atoms with E-state index in [9.17, 15) is 0 Å². The van der Waals surface area contributed by atoms with Gasteiger partial charge in [0.2, 0.25) is 0 Å². The fourth-order valence-corrected chi connectivity index (χ4v) is 15.4. The zero-order chi connectivity index (χ0) is 57.1. The van der Waals surface area contributed by atoms with Gasteiger partial charge in [0, 0.05) is 89.2 Å². The summed E-state index contributed by atoms with van der Waals surface area (Å²) in [5.41, 5.74) is 21.4. The molecule has 0 radical (unpaired) electrons. The highest BCUT2D eigenvalue weighted by Crippen LogP contribution is 2.53. The van der Waals surface area contributed by atoms with Crippen molar-refractivity contribution in [3.63, 3.8) is 0 Å². The van der Waals surface area contributed by atoms with Crippen LogP contribution in [0.3, 0.4) is 0 Å². The second-order valence-corrected chi connectivity index (χ2v) is 23.8. The van der Waals surface area contributed by atoms with Gasteiger partial charge in [-0.1, -0.05) is 176 Å². The molecule has 0 atom stereocenters. The van der Waals surface area contributed by atoms with Crippen molar-refractivity contribution in [3.05, 3.63) is 303 Å². The van der Waals surface area contributed by atoms with Crippen LogP contribution < -0.4 is 61.9 Å². The number of nitrogens with zero attached hydrogens (tertiary/aromatic N) is 4. The van der Waals surface area contributed by atoms with Crippen molar-refractivity contribution in [1.29, 1.82) is 0 Å². The number of rotatable bonds is 9. The maximum atomic E-state index is 7.99. The van der Waals surface area contributed by atoms with Crippen molar-refractivity contribution in [2.24, 2.45) is 0 Å². The lowest BCUT2D eigenvalue weighted by Crippen LogP contribution is -2.63. The molecule has 9 heteroatoms. The topological polar surface area (TPSA) is 31.4 Å². The van der Waals surface area contributed by atoms with Gasteiger partial charge in [0.1, 0.15) is 23.0 Å². The number of thiophene rings is 1. The van der Waals surface area contributed by atoms with Gasteiger partial charge in [-0.3, -0.25) is 0 Å². The zero-order valence-electron chi connectivity index (χ0n) is 47.0. The number of hydrogen-bond acceptors (Lipinski definition) is 7. The number of para-hydroxylation sites is 8. The van der Waals surface area contributed by atoms with Crippen molar-refractivity contribution < 1.29 is 9.47 Å². The van der Waals surface area contributed by atoms with E-state index >= 15 is 0 Å². The Bertz CT molecular complexity index is 4700. The molecule has 0 amide bonds. The van der Waals surface area contributed by atoms with E-state index in [1.54, 1.807) is 0 Å². The van der Waals surface area contributed by atoms with Gasteiger partial charge in [-0.15, -0.1) is 11.3 Å². The minimum absolute atomic E-state index is 0.242.